The molecule has 0 spiro atoms. The molecule has 10 heteroatoms. The Bertz CT molecular complexity index is 1230. The predicted octanol–water partition coefficient (Wildman–Crippen LogP) is 5.06. The van der Waals surface area contributed by atoms with Crippen molar-refractivity contribution in [3.8, 4) is 0 Å². The number of nitrogens with one attached hydrogen (secondary N) is 2. The van der Waals surface area contributed by atoms with Crippen LogP contribution in [0.4, 0.5) is 17.1 Å². The summed E-state index contributed by atoms with van der Waals surface area (Å²) in [5.41, 5.74) is 4.51. The third kappa shape index (κ3) is 5.59. The second-order valence-electron chi connectivity index (χ2n) is 6.49. The molecular weight excluding hydrogens is 440 g/mol. The van der Waals surface area contributed by atoms with Crippen LogP contribution in [0, 0.1) is 10.1 Å². The number of hydrogen-bond donors (Lipinski definition) is 2. The molecule has 0 heterocycles. The van der Waals surface area contributed by atoms with E-state index >= 15 is 0 Å². The number of nitro groups is 1. The van der Waals surface area contributed by atoms with Gasteiger partial charge in [-0.15, -0.1) is 0 Å². The normalized spacial score (nSPS) is 11.4. The fourth-order valence-electron chi connectivity index (χ4n) is 2.70. The summed E-state index contributed by atoms with van der Waals surface area (Å²) in [4.78, 5) is 10.2. The van der Waals surface area contributed by atoms with Gasteiger partial charge in [0, 0.05) is 12.1 Å². The first-order valence-electron chi connectivity index (χ1n) is 9.24. The van der Waals surface area contributed by atoms with E-state index in [9.17, 15) is 18.5 Å². The van der Waals surface area contributed by atoms with Crippen molar-refractivity contribution in [1.29, 1.82) is 0 Å². The maximum absolute atomic E-state index is 13.0. The number of aryl methyl sites for hydroxylation is 1. The number of anilines is 2. The largest absolute Gasteiger partial charge is 0.278 e. The molecule has 3 rings (SSSR count). The van der Waals surface area contributed by atoms with E-state index in [4.69, 9.17) is 11.6 Å². The summed E-state index contributed by atoms with van der Waals surface area (Å²) in [6, 6.07) is 17.4. The SMILES string of the molecule is CCc1ccc(/C=N/Nc2ccc([N+](=O)[O-])cc2S(=O)(=O)Nc2ccccc2Cl)cc1. The Hall–Kier alpha value is -3.43. The number of hydrogen-bond acceptors (Lipinski definition) is 6. The molecule has 0 aliphatic carbocycles. The van der Waals surface area contributed by atoms with Crippen molar-refractivity contribution in [3.05, 3.63) is 93.0 Å². The van der Waals surface area contributed by atoms with Crippen molar-refractivity contribution < 1.29 is 13.3 Å². The average molecular weight is 459 g/mol. The van der Waals surface area contributed by atoms with E-state index in [-0.39, 0.29) is 27.0 Å². The van der Waals surface area contributed by atoms with Gasteiger partial charge in [-0.25, -0.2) is 8.42 Å². The molecule has 3 aromatic rings. The first kappa shape index (κ1) is 22.3. The van der Waals surface area contributed by atoms with Gasteiger partial charge in [0.2, 0.25) is 0 Å². The van der Waals surface area contributed by atoms with Crippen molar-refractivity contribution in [2.75, 3.05) is 10.1 Å². The fourth-order valence-corrected chi connectivity index (χ4v) is 4.19. The third-order valence-corrected chi connectivity index (χ3v) is 6.11. The van der Waals surface area contributed by atoms with Crippen LogP contribution in [-0.4, -0.2) is 19.6 Å². The number of hydrazone groups is 1. The molecule has 8 nitrogen and oxygen atoms in total. The quantitative estimate of drug-likeness (QED) is 0.278. The highest BCUT2D eigenvalue weighted by molar-refractivity contribution is 7.93. The molecule has 31 heavy (non-hydrogen) atoms. The number of rotatable bonds is 8. The molecule has 0 aliphatic heterocycles. The van der Waals surface area contributed by atoms with E-state index in [0.29, 0.717) is 0 Å². The minimum Gasteiger partial charge on any atom is -0.278 e. The zero-order valence-electron chi connectivity index (χ0n) is 16.4. The molecule has 0 saturated heterocycles. The third-order valence-electron chi connectivity index (χ3n) is 4.37. The number of nitrogens with zero attached hydrogens (tertiary/aromatic N) is 2. The highest BCUT2D eigenvalue weighted by Gasteiger charge is 2.23. The van der Waals surface area contributed by atoms with Crippen LogP contribution in [0.1, 0.15) is 18.1 Å². The molecular formula is C21H19ClN4O4S. The van der Waals surface area contributed by atoms with Gasteiger partial charge in [-0.05, 0) is 35.7 Å². The molecule has 3 aromatic carbocycles. The summed E-state index contributed by atoms with van der Waals surface area (Å²) in [5.74, 6) is 0. The number of halogens is 1. The zero-order chi connectivity index (χ0) is 22.4. The average Bonchev–Trinajstić information content (AvgIpc) is 2.75. The van der Waals surface area contributed by atoms with Gasteiger partial charge < -0.3 is 0 Å². The van der Waals surface area contributed by atoms with Gasteiger partial charge in [0.25, 0.3) is 15.7 Å². The predicted molar refractivity (Wildman–Crippen MR) is 122 cm³/mol. The molecule has 0 amide bonds. The number of para-hydroxylation sites is 1. The van der Waals surface area contributed by atoms with Crippen molar-refractivity contribution >= 4 is 44.9 Å². The van der Waals surface area contributed by atoms with Crippen LogP contribution < -0.4 is 10.1 Å². The number of non-ortho nitro benzene ring substituents is 1. The van der Waals surface area contributed by atoms with Gasteiger partial charge >= 0.3 is 0 Å². The van der Waals surface area contributed by atoms with Crippen LogP contribution in [0.5, 0.6) is 0 Å². The van der Waals surface area contributed by atoms with Crippen LogP contribution in [-0.2, 0) is 16.4 Å². The summed E-state index contributed by atoms with van der Waals surface area (Å²) in [6.45, 7) is 2.05. The fraction of sp³-hybridized carbons (Fsp3) is 0.0952. The highest BCUT2D eigenvalue weighted by Crippen LogP contribution is 2.30. The van der Waals surface area contributed by atoms with Gasteiger partial charge in [-0.2, -0.15) is 5.10 Å². The van der Waals surface area contributed by atoms with Gasteiger partial charge in [0.05, 0.1) is 27.5 Å². The second kappa shape index (κ2) is 9.59. The van der Waals surface area contributed by atoms with Crippen molar-refractivity contribution in [2.45, 2.75) is 18.2 Å². The van der Waals surface area contributed by atoms with E-state index in [1.807, 2.05) is 24.3 Å². The maximum Gasteiger partial charge on any atom is 0.270 e. The summed E-state index contributed by atoms with van der Waals surface area (Å²) in [6.07, 6.45) is 2.44. The molecule has 0 aromatic heterocycles. The lowest BCUT2D eigenvalue weighted by Crippen LogP contribution is -2.15. The van der Waals surface area contributed by atoms with Crippen molar-refractivity contribution in [2.24, 2.45) is 5.10 Å². The highest BCUT2D eigenvalue weighted by atomic mass is 35.5. The van der Waals surface area contributed by atoms with Crippen molar-refractivity contribution in [3.63, 3.8) is 0 Å². The van der Waals surface area contributed by atoms with Crippen LogP contribution in [0.25, 0.3) is 0 Å². The van der Waals surface area contributed by atoms with Crippen LogP contribution in [0.15, 0.2) is 76.7 Å². The standard InChI is InChI=1S/C21H19ClN4O4S/c1-2-15-7-9-16(10-8-15)14-23-24-20-12-11-17(26(27)28)13-21(20)31(29,30)25-19-6-4-3-5-18(19)22/h3-14,24-25H,2H2,1H3/b23-14+. The molecule has 0 fully saturated rings. The maximum atomic E-state index is 13.0. The number of nitro benzene ring substituents is 1. The molecule has 0 radical (unpaired) electrons. The van der Waals surface area contributed by atoms with E-state index in [1.165, 1.54) is 36.0 Å². The van der Waals surface area contributed by atoms with Crippen LogP contribution >= 0.6 is 11.6 Å². The lowest BCUT2D eigenvalue weighted by Gasteiger charge is -2.12. The lowest BCUT2D eigenvalue weighted by molar-refractivity contribution is -0.385. The Balaban J connectivity index is 1.92. The number of benzene rings is 3. The van der Waals surface area contributed by atoms with E-state index in [1.54, 1.807) is 12.1 Å². The molecule has 0 aliphatic rings. The van der Waals surface area contributed by atoms with E-state index < -0.39 is 14.9 Å². The Morgan fingerprint density at radius 1 is 1.06 bits per heavy atom. The molecule has 0 saturated carbocycles. The van der Waals surface area contributed by atoms with Gasteiger partial charge in [-0.3, -0.25) is 20.3 Å². The minimum absolute atomic E-state index is 0.0755. The van der Waals surface area contributed by atoms with Gasteiger partial charge in [0.1, 0.15) is 4.90 Å². The van der Waals surface area contributed by atoms with E-state index in [2.05, 4.69) is 22.2 Å². The second-order valence-corrected chi connectivity index (χ2v) is 8.55. The molecule has 0 unspecified atom stereocenters. The molecule has 2 N–H and O–H groups in total. The van der Waals surface area contributed by atoms with Crippen LogP contribution in [0.3, 0.4) is 0 Å². The van der Waals surface area contributed by atoms with Gasteiger partial charge in [0.15, 0.2) is 0 Å². The van der Waals surface area contributed by atoms with Gasteiger partial charge in [-0.1, -0.05) is 54.9 Å². The first-order valence-corrected chi connectivity index (χ1v) is 11.1. The Kier molecular flexibility index (Phi) is 6.88. The Labute approximate surface area is 184 Å². The van der Waals surface area contributed by atoms with Crippen LogP contribution in [0.2, 0.25) is 5.02 Å². The topological polar surface area (TPSA) is 114 Å². The summed E-state index contributed by atoms with van der Waals surface area (Å²) in [5, 5.41) is 15.4. The zero-order valence-corrected chi connectivity index (χ0v) is 18.0. The van der Waals surface area contributed by atoms with Crippen molar-refractivity contribution in [1.82, 2.24) is 0 Å². The summed E-state index contributed by atoms with van der Waals surface area (Å²) in [7, 11) is -4.20. The molecule has 0 bridgehead atoms. The van der Waals surface area contributed by atoms with E-state index in [0.717, 1.165) is 18.1 Å². The molecule has 0 atom stereocenters. The lowest BCUT2D eigenvalue weighted by atomic mass is 10.1. The first-order chi connectivity index (χ1) is 14.8. The summed E-state index contributed by atoms with van der Waals surface area (Å²) >= 11 is 6.04. The Morgan fingerprint density at radius 2 is 1.77 bits per heavy atom. The smallest absolute Gasteiger partial charge is 0.270 e. The summed E-state index contributed by atoms with van der Waals surface area (Å²) < 4.78 is 28.3. The molecule has 160 valence electrons. The number of sulfonamides is 1. The monoisotopic (exact) mass is 458 g/mol. The Morgan fingerprint density at radius 3 is 2.42 bits per heavy atom. The minimum atomic E-state index is -4.20.